The first-order valence-corrected chi connectivity index (χ1v) is 12.9. The molecule has 1 unspecified atom stereocenters. The van der Waals surface area contributed by atoms with Crippen LogP contribution in [0, 0.1) is 11.1 Å². The van der Waals surface area contributed by atoms with Crippen LogP contribution in [0.5, 0.6) is 23.0 Å². The zero-order valence-corrected chi connectivity index (χ0v) is 23.0. The smallest absolute Gasteiger partial charge is 0.412 e. The van der Waals surface area contributed by atoms with Crippen molar-refractivity contribution in [3.63, 3.8) is 0 Å². The van der Waals surface area contributed by atoms with Gasteiger partial charge < -0.3 is 28.9 Å². The summed E-state index contributed by atoms with van der Waals surface area (Å²) in [5, 5.41) is 14.5. The molecule has 0 saturated heterocycles. The Morgan fingerprint density at radius 2 is 1.70 bits per heavy atom. The summed E-state index contributed by atoms with van der Waals surface area (Å²) in [7, 11) is 2.94. The van der Waals surface area contributed by atoms with Gasteiger partial charge in [0.15, 0.2) is 35.4 Å². The lowest BCUT2D eigenvalue weighted by Gasteiger charge is -2.22. The summed E-state index contributed by atoms with van der Waals surface area (Å²) < 4.78 is 53.2. The highest BCUT2D eigenvalue weighted by atomic mass is 35.5. The molecule has 40 heavy (non-hydrogen) atoms. The van der Waals surface area contributed by atoms with E-state index in [4.69, 9.17) is 42.1 Å². The van der Waals surface area contributed by atoms with E-state index in [2.05, 4.69) is 10.1 Å². The number of halogens is 4. The number of anilines is 1. The Bertz CT molecular complexity index is 1340. The Balaban J connectivity index is 1.64. The van der Waals surface area contributed by atoms with Crippen LogP contribution in [0.25, 0.3) is 0 Å². The highest BCUT2D eigenvalue weighted by Crippen LogP contribution is 2.38. The van der Waals surface area contributed by atoms with Crippen molar-refractivity contribution in [2.24, 2.45) is 5.92 Å². The van der Waals surface area contributed by atoms with Crippen molar-refractivity contribution >= 4 is 35.0 Å². The van der Waals surface area contributed by atoms with Crippen molar-refractivity contribution in [2.45, 2.75) is 32.0 Å². The number of nitrogens with one attached hydrogen (secondary N) is 1. The number of hydrogen-bond acceptors (Lipinski definition) is 7. The van der Waals surface area contributed by atoms with Crippen LogP contribution in [0.4, 0.5) is 19.3 Å². The summed E-state index contributed by atoms with van der Waals surface area (Å²) in [6, 6.07) is 9.00. The summed E-state index contributed by atoms with van der Waals surface area (Å²) in [6.45, 7) is -2.73. The summed E-state index contributed by atoms with van der Waals surface area (Å²) in [5.74, 6) is 1.10. The van der Waals surface area contributed by atoms with Crippen LogP contribution < -0.4 is 29.0 Å². The van der Waals surface area contributed by atoms with Gasteiger partial charge in [-0.3, -0.25) is 5.32 Å². The summed E-state index contributed by atoms with van der Waals surface area (Å²) >= 11 is 12.6. The molecule has 4 rings (SSSR count). The number of alkyl halides is 2. The number of carbonyl (C=O) groups excluding carboxylic acids is 1. The molecule has 0 aliphatic heterocycles. The van der Waals surface area contributed by atoms with Gasteiger partial charge in [0, 0.05) is 23.7 Å². The lowest BCUT2D eigenvalue weighted by molar-refractivity contribution is -0.605. The van der Waals surface area contributed by atoms with E-state index >= 15 is 0 Å². The highest BCUT2D eigenvalue weighted by Gasteiger charge is 2.26. The minimum absolute atomic E-state index is 0.0467. The molecular weight excluding hydrogens is 573 g/mol. The molecule has 13 heteroatoms. The fourth-order valence-corrected chi connectivity index (χ4v) is 4.45. The SMILES string of the molecule is COc1ccc(NC(=O)OC(Cc2c(Cl)c[n+]([O-])cc2Cl)c2ccc(OC(F)F)c(OCC3CC3)c2)cc1OC. The van der Waals surface area contributed by atoms with Crippen molar-refractivity contribution in [2.75, 3.05) is 26.1 Å². The Labute approximate surface area is 239 Å². The molecule has 0 radical (unpaired) electrons. The normalized spacial score (nSPS) is 13.5. The van der Waals surface area contributed by atoms with Gasteiger partial charge in [-0.05, 0) is 48.6 Å². The van der Waals surface area contributed by atoms with Gasteiger partial charge in [-0.2, -0.15) is 13.5 Å². The molecule has 1 atom stereocenters. The van der Waals surface area contributed by atoms with Gasteiger partial charge >= 0.3 is 12.7 Å². The molecule has 214 valence electrons. The molecule has 3 aromatic rings. The van der Waals surface area contributed by atoms with Gasteiger partial charge in [0.1, 0.15) is 16.1 Å². The average molecular weight is 599 g/mol. The number of benzene rings is 2. The molecular formula is C27H26Cl2F2N2O7. The minimum Gasteiger partial charge on any atom is -0.619 e. The third kappa shape index (κ3) is 7.70. The van der Waals surface area contributed by atoms with Crippen LogP contribution in [0.1, 0.15) is 30.1 Å². The Morgan fingerprint density at radius 3 is 2.33 bits per heavy atom. The number of aromatic nitrogens is 1. The zero-order chi connectivity index (χ0) is 28.8. The van der Waals surface area contributed by atoms with Crippen molar-refractivity contribution in [3.05, 3.63) is 75.2 Å². The first-order chi connectivity index (χ1) is 19.2. The molecule has 0 spiro atoms. The Morgan fingerprint density at radius 1 is 1.02 bits per heavy atom. The van der Waals surface area contributed by atoms with Crippen molar-refractivity contribution in [1.82, 2.24) is 0 Å². The van der Waals surface area contributed by atoms with Gasteiger partial charge in [0.25, 0.3) is 0 Å². The predicted octanol–water partition coefficient (Wildman–Crippen LogP) is 6.57. The van der Waals surface area contributed by atoms with Gasteiger partial charge in [0.05, 0.1) is 20.8 Å². The molecule has 1 aliphatic rings. The molecule has 1 fully saturated rings. The third-order valence-corrected chi connectivity index (χ3v) is 6.71. The molecule has 0 bridgehead atoms. The maximum absolute atomic E-state index is 13.0. The van der Waals surface area contributed by atoms with E-state index in [0.29, 0.717) is 45.6 Å². The first kappa shape index (κ1) is 29.3. The lowest BCUT2D eigenvalue weighted by atomic mass is 10.0. The summed E-state index contributed by atoms with van der Waals surface area (Å²) in [4.78, 5) is 13.0. The molecule has 1 amide bonds. The minimum atomic E-state index is -3.06. The average Bonchev–Trinajstić information content (AvgIpc) is 3.73. The number of nitrogens with zero attached hydrogens (tertiary/aromatic N) is 1. The number of amides is 1. The van der Waals surface area contributed by atoms with Crippen molar-refractivity contribution < 1.29 is 42.0 Å². The second-order valence-corrected chi connectivity index (χ2v) is 9.74. The number of rotatable bonds is 12. The van der Waals surface area contributed by atoms with E-state index in [-0.39, 0.29) is 28.0 Å². The van der Waals surface area contributed by atoms with E-state index < -0.39 is 18.8 Å². The van der Waals surface area contributed by atoms with Crippen LogP contribution >= 0.6 is 23.2 Å². The molecule has 1 aliphatic carbocycles. The van der Waals surface area contributed by atoms with Crippen molar-refractivity contribution in [3.8, 4) is 23.0 Å². The second-order valence-electron chi connectivity index (χ2n) is 8.92. The third-order valence-electron chi connectivity index (χ3n) is 6.05. The largest absolute Gasteiger partial charge is 0.619 e. The highest BCUT2D eigenvalue weighted by molar-refractivity contribution is 6.35. The van der Waals surface area contributed by atoms with Gasteiger partial charge in [-0.25, -0.2) is 4.79 Å². The Hall–Kier alpha value is -3.70. The van der Waals surface area contributed by atoms with Gasteiger partial charge in [-0.15, -0.1) is 0 Å². The number of pyridine rings is 1. The molecule has 9 nitrogen and oxygen atoms in total. The van der Waals surface area contributed by atoms with Crippen LogP contribution in [-0.2, 0) is 11.2 Å². The molecule has 1 heterocycles. The van der Waals surface area contributed by atoms with Crippen LogP contribution in [0.15, 0.2) is 48.8 Å². The van der Waals surface area contributed by atoms with E-state index in [0.717, 1.165) is 25.2 Å². The fraction of sp³-hybridized carbons (Fsp3) is 0.333. The molecule has 1 aromatic heterocycles. The molecule has 2 aromatic carbocycles. The zero-order valence-electron chi connectivity index (χ0n) is 21.5. The van der Waals surface area contributed by atoms with Crippen LogP contribution in [0.3, 0.4) is 0 Å². The van der Waals surface area contributed by atoms with E-state index in [1.54, 1.807) is 18.2 Å². The van der Waals surface area contributed by atoms with E-state index in [1.165, 1.54) is 32.4 Å². The second kappa shape index (κ2) is 13.1. The monoisotopic (exact) mass is 598 g/mol. The number of ether oxygens (including phenoxy) is 5. The predicted molar refractivity (Wildman–Crippen MR) is 143 cm³/mol. The molecule has 1 saturated carbocycles. The maximum Gasteiger partial charge on any atom is 0.412 e. The van der Waals surface area contributed by atoms with E-state index in [1.807, 2.05) is 0 Å². The summed E-state index contributed by atoms with van der Waals surface area (Å²) in [6.07, 6.45) is 2.29. The Kier molecular flexibility index (Phi) is 9.59. The van der Waals surface area contributed by atoms with Gasteiger partial charge in [-0.1, -0.05) is 29.3 Å². The fourth-order valence-electron chi connectivity index (χ4n) is 3.85. The quantitative estimate of drug-likeness (QED) is 0.186. The standard InChI is InChI=1S/C27H26Cl2F2N2O7/c1-36-21-8-6-17(10-24(21)37-2)32-27(34)40-23(11-18-19(28)12-33(35)13-20(18)29)16-5-7-22(39-26(30)31)25(9-16)38-14-15-3-4-15/h5-10,12-13,15,23,26H,3-4,11,14H2,1-2H3,(H,32,34). The first-order valence-electron chi connectivity index (χ1n) is 12.1. The topological polar surface area (TPSA) is 102 Å². The van der Waals surface area contributed by atoms with Crippen LogP contribution in [-0.4, -0.2) is 33.5 Å². The maximum atomic E-state index is 13.0. The van der Waals surface area contributed by atoms with Gasteiger partial charge in [0.2, 0.25) is 0 Å². The van der Waals surface area contributed by atoms with Crippen LogP contribution in [0.2, 0.25) is 10.0 Å². The number of methoxy groups -OCH3 is 2. The van der Waals surface area contributed by atoms with Crippen molar-refractivity contribution in [1.29, 1.82) is 0 Å². The summed E-state index contributed by atoms with van der Waals surface area (Å²) in [5.41, 5.74) is 1.09. The number of hydrogen-bond donors (Lipinski definition) is 1. The number of carbonyl (C=O) groups is 1. The van der Waals surface area contributed by atoms with E-state index in [9.17, 15) is 18.8 Å². The molecule has 1 N–H and O–H groups in total. The lowest BCUT2D eigenvalue weighted by Crippen LogP contribution is -2.26.